The topological polar surface area (TPSA) is 53.5 Å². The number of benzene rings is 1. The summed E-state index contributed by atoms with van der Waals surface area (Å²) in [6, 6.07) is 11.3. The normalized spacial score (nSPS) is 16.7. The maximum atomic E-state index is 13.1. The Balaban J connectivity index is 1.59. The Morgan fingerprint density at radius 1 is 1.08 bits per heavy atom. The largest absolute Gasteiger partial charge is 0.343 e. The molecule has 2 aliphatic heterocycles. The minimum atomic E-state index is -0.0636. The van der Waals surface area contributed by atoms with Crippen LogP contribution in [0.15, 0.2) is 52.5 Å². The zero-order valence-electron chi connectivity index (χ0n) is 14.6. The molecule has 0 spiro atoms. The van der Waals surface area contributed by atoms with Crippen LogP contribution in [0.3, 0.4) is 0 Å². The molecule has 2 aliphatic rings. The SMILES string of the molecule is O=C(CCN1C(=O)c2ccccc2Sc2ncccc21)N1CCCCC1. The molecule has 1 aromatic carbocycles. The van der Waals surface area contributed by atoms with Crippen LogP contribution >= 0.6 is 11.8 Å². The van der Waals surface area contributed by atoms with Crippen molar-refractivity contribution in [1.82, 2.24) is 9.88 Å². The molecule has 6 heteroatoms. The molecule has 26 heavy (non-hydrogen) atoms. The highest BCUT2D eigenvalue weighted by molar-refractivity contribution is 7.99. The number of carbonyl (C=O) groups excluding carboxylic acids is 2. The summed E-state index contributed by atoms with van der Waals surface area (Å²) in [5, 5.41) is 0.802. The van der Waals surface area contributed by atoms with Crippen molar-refractivity contribution >= 4 is 29.3 Å². The Bertz CT molecular complexity index is 833. The average Bonchev–Trinajstić information content (AvgIpc) is 2.81. The number of aromatic nitrogens is 1. The molecule has 1 saturated heterocycles. The van der Waals surface area contributed by atoms with Crippen molar-refractivity contribution in [2.45, 2.75) is 35.6 Å². The third-order valence-corrected chi connectivity index (χ3v) is 5.95. The van der Waals surface area contributed by atoms with E-state index in [1.54, 1.807) is 11.1 Å². The molecule has 0 radical (unpaired) electrons. The van der Waals surface area contributed by atoms with Crippen LogP contribution in [-0.4, -0.2) is 41.3 Å². The molecule has 134 valence electrons. The van der Waals surface area contributed by atoms with Gasteiger partial charge in [0.05, 0.1) is 11.3 Å². The summed E-state index contributed by atoms with van der Waals surface area (Å²) in [7, 11) is 0. The summed E-state index contributed by atoms with van der Waals surface area (Å²) < 4.78 is 0. The lowest BCUT2D eigenvalue weighted by molar-refractivity contribution is -0.131. The monoisotopic (exact) mass is 367 g/mol. The number of piperidine rings is 1. The molecule has 0 N–H and O–H groups in total. The number of carbonyl (C=O) groups is 2. The number of hydrogen-bond donors (Lipinski definition) is 0. The Kier molecular flexibility index (Phi) is 4.93. The zero-order chi connectivity index (χ0) is 17.9. The first-order chi connectivity index (χ1) is 12.7. The van der Waals surface area contributed by atoms with Gasteiger partial charge in [0.1, 0.15) is 5.03 Å². The maximum absolute atomic E-state index is 13.1. The first kappa shape index (κ1) is 17.1. The van der Waals surface area contributed by atoms with Crippen molar-refractivity contribution in [2.24, 2.45) is 0 Å². The van der Waals surface area contributed by atoms with Crippen LogP contribution < -0.4 is 4.90 Å². The summed E-state index contributed by atoms with van der Waals surface area (Å²) >= 11 is 1.50. The number of nitrogens with zero attached hydrogens (tertiary/aromatic N) is 3. The van der Waals surface area contributed by atoms with Crippen molar-refractivity contribution in [3.63, 3.8) is 0 Å². The Morgan fingerprint density at radius 3 is 2.73 bits per heavy atom. The number of pyridine rings is 1. The fraction of sp³-hybridized carbons (Fsp3) is 0.350. The highest BCUT2D eigenvalue weighted by Gasteiger charge is 2.28. The van der Waals surface area contributed by atoms with Crippen LogP contribution in [0.2, 0.25) is 0 Å². The molecule has 0 atom stereocenters. The van der Waals surface area contributed by atoms with Gasteiger partial charge in [-0.25, -0.2) is 4.98 Å². The summed E-state index contributed by atoms with van der Waals surface area (Å²) in [5.74, 6) is 0.0689. The number of fused-ring (bicyclic) bond motifs is 2. The van der Waals surface area contributed by atoms with Crippen LogP contribution in [0.1, 0.15) is 36.0 Å². The van der Waals surface area contributed by atoms with E-state index in [1.807, 2.05) is 41.3 Å². The standard InChI is InChI=1S/C20H21N3O2S/c24-18(22-12-4-1-5-13-22)10-14-23-16-8-6-11-21-19(16)26-17-9-3-2-7-15(17)20(23)25/h2-3,6-9,11H,1,4-5,10,12-14H2. The van der Waals surface area contributed by atoms with Gasteiger partial charge >= 0.3 is 0 Å². The fourth-order valence-electron chi connectivity index (χ4n) is 3.49. The van der Waals surface area contributed by atoms with Crippen molar-refractivity contribution in [3.8, 4) is 0 Å². The molecule has 2 aromatic rings. The van der Waals surface area contributed by atoms with E-state index in [9.17, 15) is 9.59 Å². The summed E-state index contributed by atoms with van der Waals surface area (Å²) in [6.07, 6.45) is 5.42. The highest BCUT2D eigenvalue weighted by atomic mass is 32.2. The summed E-state index contributed by atoms with van der Waals surface area (Å²) in [6.45, 7) is 2.05. The van der Waals surface area contributed by atoms with Crippen LogP contribution in [0.5, 0.6) is 0 Å². The van der Waals surface area contributed by atoms with E-state index in [0.29, 0.717) is 18.5 Å². The number of anilines is 1. The van der Waals surface area contributed by atoms with Gasteiger partial charge in [-0.2, -0.15) is 0 Å². The van der Waals surface area contributed by atoms with Gasteiger partial charge in [-0.15, -0.1) is 0 Å². The van der Waals surface area contributed by atoms with Gasteiger partial charge in [-0.1, -0.05) is 23.9 Å². The minimum Gasteiger partial charge on any atom is -0.343 e. The summed E-state index contributed by atoms with van der Waals surface area (Å²) in [4.78, 5) is 34.7. The molecule has 0 bridgehead atoms. The molecule has 0 unspecified atom stereocenters. The average molecular weight is 367 g/mol. The van der Waals surface area contributed by atoms with Crippen molar-refractivity contribution in [2.75, 3.05) is 24.5 Å². The molecule has 1 aromatic heterocycles. The second-order valence-electron chi connectivity index (χ2n) is 6.57. The Morgan fingerprint density at radius 2 is 1.88 bits per heavy atom. The number of rotatable bonds is 3. The number of amides is 2. The van der Waals surface area contributed by atoms with Crippen molar-refractivity contribution in [1.29, 1.82) is 0 Å². The second-order valence-corrected chi connectivity index (χ2v) is 7.60. The quantitative estimate of drug-likeness (QED) is 0.832. The second kappa shape index (κ2) is 7.50. The lowest BCUT2D eigenvalue weighted by Gasteiger charge is -2.28. The lowest BCUT2D eigenvalue weighted by Crippen LogP contribution is -2.39. The van der Waals surface area contributed by atoms with E-state index >= 15 is 0 Å². The molecule has 3 heterocycles. The predicted octanol–water partition coefficient (Wildman–Crippen LogP) is 3.60. The van der Waals surface area contributed by atoms with Crippen LogP contribution in [0.4, 0.5) is 5.69 Å². The van der Waals surface area contributed by atoms with Gasteiger partial charge < -0.3 is 9.80 Å². The summed E-state index contributed by atoms with van der Waals surface area (Å²) in [5.41, 5.74) is 1.45. The van der Waals surface area contributed by atoms with Gasteiger partial charge in [-0.3, -0.25) is 9.59 Å². The zero-order valence-corrected chi connectivity index (χ0v) is 15.4. The Hall–Kier alpha value is -2.34. The lowest BCUT2D eigenvalue weighted by atomic mass is 10.1. The van der Waals surface area contributed by atoms with E-state index in [-0.39, 0.29) is 11.8 Å². The van der Waals surface area contributed by atoms with Gasteiger partial charge in [-0.05, 0) is 43.5 Å². The fourth-order valence-corrected chi connectivity index (χ4v) is 4.51. The molecule has 5 nitrogen and oxygen atoms in total. The molecule has 1 fully saturated rings. The molecule has 4 rings (SSSR count). The van der Waals surface area contributed by atoms with Crippen LogP contribution in [-0.2, 0) is 4.79 Å². The first-order valence-electron chi connectivity index (χ1n) is 9.05. The van der Waals surface area contributed by atoms with Crippen molar-refractivity contribution in [3.05, 3.63) is 48.2 Å². The molecule has 2 amide bonds. The van der Waals surface area contributed by atoms with E-state index in [1.165, 1.54) is 18.2 Å². The van der Waals surface area contributed by atoms with E-state index < -0.39 is 0 Å². The van der Waals surface area contributed by atoms with Crippen LogP contribution in [0.25, 0.3) is 0 Å². The molecule has 0 aliphatic carbocycles. The molecular weight excluding hydrogens is 346 g/mol. The Labute approximate surface area is 157 Å². The van der Waals surface area contributed by atoms with E-state index in [0.717, 1.165) is 41.5 Å². The number of likely N-dealkylation sites (tertiary alicyclic amines) is 1. The van der Waals surface area contributed by atoms with Gasteiger partial charge in [0.15, 0.2) is 0 Å². The smallest absolute Gasteiger partial charge is 0.259 e. The predicted molar refractivity (Wildman–Crippen MR) is 102 cm³/mol. The third-order valence-electron chi connectivity index (χ3n) is 4.87. The van der Waals surface area contributed by atoms with Gasteiger partial charge in [0, 0.05) is 37.1 Å². The molecule has 0 saturated carbocycles. The maximum Gasteiger partial charge on any atom is 0.259 e. The molecular formula is C20H21N3O2S. The van der Waals surface area contributed by atoms with E-state index in [2.05, 4.69) is 4.98 Å². The van der Waals surface area contributed by atoms with Gasteiger partial charge in [0.25, 0.3) is 5.91 Å². The van der Waals surface area contributed by atoms with Gasteiger partial charge in [0.2, 0.25) is 5.91 Å². The highest BCUT2D eigenvalue weighted by Crippen LogP contribution is 2.39. The van der Waals surface area contributed by atoms with E-state index in [4.69, 9.17) is 0 Å². The third kappa shape index (κ3) is 3.33. The van der Waals surface area contributed by atoms with Crippen molar-refractivity contribution < 1.29 is 9.59 Å². The van der Waals surface area contributed by atoms with Crippen LogP contribution in [0, 0.1) is 0 Å². The number of hydrogen-bond acceptors (Lipinski definition) is 4. The minimum absolute atomic E-state index is 0.0636. The first-order valence-corrected chi connectivity index (χ1v) is 9.87.